The van der Waals surface area contributed by atoms with Crippen LogP contribution in [0.25, 0.3) is 11.0 Å². The van der Waals surface area contributed by atoms with Crippen LogP contribution in [0, 0.1) is 0 Å². The van der Waals surface area contributed by atoms with E-state index in [9.17, 15) is 0 Å². The number of para-hydroxylation sites is 1. The highest BCUT2D eigenvalue weighted by Crippen LogP contribution is 2.22. The number of aromatic nitrogens is 3. The van der Waals surface area contributed by atoms with Gasteiger partial charge in [-0.05, 0) is 24.3 Å². The molecule has 17 heavy (non-hydrogen) atoms. The van der Waals surface area contributed by atoms with Gasteiger partial charge < -0.3 is 9.72 Å². The zero-order valence-corrected chi connectivity index (χ0v) is 9.13. The third-order valence-corrected chi connectivity index (χ3v) is 2.51. The van der Waals surface area contributed by atoms with E-state index >= 15 is 0 Å². The monoisotopic (exact) mass is 225 g/mol. The largest absolute Gasteiger partial charge is 0.485 e. The predicted molar refractivity (Wildman–Crippen MR) is 64.7 cm³/mol. The van der Waals surface area contributed by atoms with E-state index in [4.69, 9.17) is 4.74 Å². The van der Waals surface area contributed by atoms with Crippen LogP contribution >= 0.6 is 0 Å². The van der Waals surface area contributed by atoms with E-state index < -0.39 is 0 Å². The standard InChI is InChI=1S/C13H11N3O/c1-2-7-14-10(4-1)8-17-12-6-3-5-11-13(12)16-9-15-11/h1-7,9H,8H2,(H,15,16). The number of hydrogen-bond acceptors (Lipinski definition) is 3. The van der Waals surface area contributed by atoms with Gasteiger partial charge in [0.05, 0.1) is 17.5 Å². The van der Waals surface area contributed by atoms with Gasteiger partial charge in [-0.25, -0.2) is 4.98 Å². The molecule has 3 rings (SSSR count). The van der Waals surface area contributed by atoms with Gasteiger partial charge in [-0.1, -0.05) is 12.1 Å². The molecular formula is C13H11N3O. The molecule has 0 atom stereocenters. The smallest absolute Gasteiger partial charge is 0.147 e. The number of imidazole rings is 1. The van der Waals surface area contributed by atoms with Crippen molar-refractivity contribution >= 4 is 11.0 Å². The van der Waals surface area contributed by atoms with Crippen molar-refractivity contribution in [1.29, 1.82) is 0 Å². The molecule has 0 aliphatic rings. The minimum atomic E-state index is 0.451. The summed E-state index contributed by atoms with van der Waals surface area (Å²) in [5, 5.41) is 0. The van der Waals surface area contributed by atoms with E-state index in [1.807, 2.05) is 36.4 Å². The number of pyridine rings is 1. The minimum Gasteiger partial charge on any atom is -0.485 e. The second-order valence-electron chi connectivity index (χ2n) is 3.66. The molecule has 0 radical (unpaired) electrons. The Balaban J connectivity index is 1.84. The van der Waals surface area contributed by atoms with Gasteiger partial charge in [0.25, 0.3) is 0 Å². The van der Waals surface area contributed by atoms with Crippen molar-refractivity contribution in [3.63, 3.8) is 0 Å². The molecule has 0 amide bonds. The van der Waals surface area contributed by atoms with Crippen LogP contribution in [0.5, 0.6) is 5.75 Å². The summed E-state index contributed by atoms with van der Waals surface area (Å²) in [6.07, 6.45) is 3.42. The lowest BCUT2D eigenvalue weighted by atomic mass is 10.3. The Morgan fingerprint density at radius 3 is 2.94 bits per heavy atom. The lowest BCUT2D eigenvalue weighted by Gasteiger charge is -2.05. The number of nitrogens with one attached hydrogen (secondary N) is 1. The molecule has 0 aliphatic heterocycles. The summed E-state index contributed by atoms with van der Waals surface area (Å²) in [5.41, 5.74) is 2.73. The summed E-state index contributed by atoms with van der Waals surface area (Å²) in [4.78, 5) is 11.5. The van der Waals surface area contributed by atoms with E-state index in [1.54, 1.807) is 12.5 Å². The van der Waals surface area contributed by atoms with Crippen molar-refractivity contribution in [3.05, 3.63) is 54.6 Å². The van der Waals surface area contributed by atoms with Gasteiger partial charge in [0.15, 0.2) is 0 Å². The fourth-order valence-electron chi connectivity index (χ4n) is 1.69. The van der Waals surface area contributed by atoms with Crippen LogP contribution in [-0.4, -0.2) is 15.0 Å². The fraction of sp³-hybridized carbons (Fsp3) is 0.0769. The Labute approximate surface area is 98.3 Å². The first kappa shape index (κ1) is 9.84. The Hall–Kier alpha value is -2.36. The normalized spacial score (nSPS) is 10.6. The maximum absolute atomic E-state index is 5.72. The van der Waals surface area contributed by atoms with Crippen LogP contribution in [0.15, 0.2) is 48.9 Å². The van der Waals surface area contributed by atoms with Gasteiger partial charge in [0.2, 0.25) is 0 Å². The molecule has 0 saturated carbocycles. The number of hydrogen-bond donors (Lipinski definition) is 1. The molecule has 0 unspecified atom stereocenters. The Morgan fingerprint density at radius 2 is 2.06 bits per heavy atom. The zero-order valence-electron chi connectivity index (χ0n) is 9.13. The summed E-state index contributed by atoms with van der Waals surface area (Å²) in [6.45, 7) is 0.451. The summed E-state index contributed by atoms with van der Waals surface area (Å²) in [7, 11) is 0. The highest BCUT2D eigenvalue weighted by Gasteiger charge is 2.04. The van der Waals surface area contributed by atoms with Crippen molar-refractivity contribution in [2.75, 3.05) is 0 Å². The summed E-state index contributed by atoms with van der Waals surface area (Å²) >= 11 is 0. The first-order chi connectivity index (χ1) is 8.43. The van der Waals surface area contributed by atoms with Crippen molar-refractivity contribution in [1.82, 2.24) is 15.0 Å². The van der Waals surface area contributed by atoms with Crippen LogP contribution < -0.4 is 4.74 Å². The summed E-state index contributed by atoms with van der Waals surface area (Å²) in [6, 6.07) is 11.6. The van der Waals surface area contributed by atoms with Crippen LogP contribution in [0.4, 0.5) is 0 Å². The van der Waals surface area contributed by atoms with Gasteiger partial charge >= 0.3 is 0 Å². The topological polar surface area (TPSA) is 50.8 Å². The molecule has 2 heterocycles. The molecule has 4 heteroatoms. The Kier molecular flexibility index (Phi) is 2.46. The van der Waals surface area contributed by atoms with Gasteiger partial charge in [-0.15, -0.1) is 0 Å². The van der Waals surface area contributed by atoms with Gasteiger partial charge in [0.1, 0.15) is 17.9 Å². The van der Waals surface area contributed by atoms with Gasteiger partial charge in [-0.3, -0.25) is 4.98 Å². The highest BCUT2D eigenvalue weighted by atomic mass is 16.5. The number of rotatable bonds is 3. The molecular weight excluding hydrogens is 214 g/mol. The van der Waals surface area contributed by atoms with Crippen LogP contribution in [-0.2, 0) is 6.61 Å². The van der Waals surface area contributed by atoms with Crippen LogP contribution in [0.2, 0.25) is 0 Å². The average Bonchev–Trinajstić information content (AvgIpc) is 2.86. The second-order valence-corrected chi connectivity index (χ2v) is 3.66. The summed E-state index contributed by atoms with van der Waals surface area (Å²) < 4.78 is 5.72. The number of H-pyrrole nitrogens is 1. The van der Waals surface area contributed by atoms with E-state index in [-0.39, 0.29) is 0 Å². The lowest BCUT2D eigenvalue weighted by Crippen LogP contribution is -1.97. The maximum Gasteiger partial charge on any atom is 0.147 e. The van der Waals surface area contributed by atoms with E-state index in [2.05, 4.69) is 15.0 Å². The SMILES string of the molecule is c1ccc(COc2cccc3[nH]cnc23)nc1. The van der Waals surface area contributed by atoms with E-state index in [1.165, 1.54) is 0 Å². The third kappa shape index (κ3) is 1.97. The minimum absolute atomic E-state index is 0.451. The van der Waals surface area contributed by atoms with E-state index in [0.29, 0.717) is 6.61 Å². The zero-order chi connectivity index (χ0) is 11.5. The number of fused-ring (bicyclic) bond motifs is 1. The first-order valence-electron chi connectivity index (χ1n) is 5.38. The van der Waals surface area contributed by atoms with Crippen molar-refractivity contribution in [2.45, 2.75) is 6.61 Å². The van der Waals surface area contributed by atoms with Gasteiger partial charge in [-0.2, -0.15) is 0 Å². The molecule has 0 aliphatic carbocycles. The first-order valence-corrected chi connectivity index (χ1v) is 5.38. The molecule has 0 fully saturated rings. The third-order valence-electron chi connectivity index (χ3n) is 2.51. The molecule has 2 aromatic heterocycles. The molecule has 1 aromatic carbocycles. The van der Waals surface area contributed by atoms with Gasteiger partial charge in [0, 0.05) is 6.20 Å². The molecule has 4 nitrogen and oxygen atoms in total. The quantitative estimate of drug-likeness (QED) is 0.745. The second kappa shape index (κ2) is 4.25. The van der Waals surface area contributed by atoms with Crippen LogP contribution in [0.1, 0.15) is 5.69 Å². The van der Waals surface area contributed by atoms with E-state index in [0.717, 1.165) is 22.5 Å². The van der Waals surface area contributed by atoms with Crippen molar-refractivity contribution in [3.8, 4) is 5.75 Å². The number of aromatic amines is 1. The van der Waals surface area contributed by atoms with Crippen LogP contribution in [0.3, 0.4) is 0 Å². The predicted octanol–water partition coefficient (Wildman–Crippen LogP) is 2.54. The molecule has 3 aromatic rings. The number of nitrogens with zero attached hydrogens (tertiary/aromatic N) is 2. The molecule has 0 spiro atoms. The van der Waals surface area contributed by atoms with Crippen molar-refractivity contribution in [2.24, 2.45) is 0 Å². The maximum atomic E-state index is 5.72. The highest BCUT2D eigenvalue weighted by molar-refractivity contribution is 5.80. The molecule has 84 valence electrons. The van der Waals surface area contributed by atoms with Crippen molar-refractivity contribution < 1.29 is 4.74 Å². The fourth-order valence-corrected chi connectivity index (χ4v) is 1.69. The molecule has 1 N–H and O–H groups in total. The summed E-state index contributed by atoms with van der Waals surface area (Å²) in [5.74, 6) is 0.773. The number of ether oxygens (including phenoxy) is 1. The molecule has 0 saturated heterocycles. The average molecular weight is 225 g/mol. The Bertz CT molecular complexity index is 619. The lowest BCUT2D eigenvalue weighted by molar-refractivity contribution is 0.304. The Morgan fingerprint density at radius 1 is 1.06 bits per heavy atom. The number of benzene rings is 1. The molecule has 0 bridgehead atoms.